The van der Waals surface area contributed by atoms with Gasteiger partial charge in [0, 0.05) is 18.1 Å². The van der Waals surface area contributed by atoms with Crippen LogP contribution in [0.1, 0.15) is 24.8 Å². The van der Waals surface area contributed by atoms with Gasteiger partial charge in [-0.05, 0) is 37.1 Å². The zero-order chi connectivity index (χ0) is 14.4. The predicted octanol–water partition coefficient (Wildman–Crippen LogP) is 2.80. The normalized spacial score (nSPS) is 19.9. The van der Waals surface area contributed by atoms with Crippen molar-refractivity contribution < 1.29 is 14.6 Å². The SMILES string of the molecule is O=C(O)CCN1CCCC(OCc2cccc(Cl)c2)C1. The number of aliphatic carboxylic acids is 1. The van der Waals surface area contributed by atoms with E-state index in [9.17, 15) is 4.79 Å². The van der Waals surface area contributed by atoms with Crippen LogP contribution in [0.4, 0.5) is 0 Å². The Hall–Kier alpha value is -1.10. The molecule has 1 N–H and O–H groups in total. The van der Waals surface area contributed by atoms with Gasteiger partial charge in [0.15, 0.2) is 0 Å². The molecule has 0 amide bonds. The van der Waals surface area contributed by atoms with E-state index in [4.69, 9.17) is 21.4 Å². The van der Waals surface area contributed by atoms with E-state index in [-0.39, 0.29) is 12.5 Å². The maximum Gasteiger partial charge on any atom is 0.304 e. The lowest BCUT2D eigenvalue weighted by Crippen LogP contribution is -2.40. The average molecular weight is 298 g/mol. The van der Waals surface area contributed by atoms with Gasteiger partial charge in [-0.1, -0.05) is 23.7 Å². The van der Waals surface area contributed by atoms with Crippen LogP contribution in [0.5, 0.6) is 0 Å². The number of benzene rings is 1. The summed E-state index contributed by atoms with van der Waals surface area (Å²) in [7, 11) is 0. The molecule has 1 heterocycles. The first-order valence-electron chi connectivity index (χ1n) is 6.93. The van der Waals surface area contributed by atoms with Crippen LogP contribution >= 0.6 is 11.6 Å². The largest absolute Gasteiger partial charge is 0.481 e. The smallest absolute Gasteiger partial charge is 0.304 e. The molecule has 5 heteroatoms. The van der Waals surface area contributed by atoms with Crippen LogP contribution in [0.25, 0.3) is 0 Å². The highest BCUT2D eigenvalue weighted by Crippen LogP contribution is 2.17. The van der Waals surface area contributed by atoms with Gasteiger partial charge in [0.2, 0.25) is 0 Å². The van der Waals surface area contributed by atoms with E-state index < -0.39 is 5.97 Å². The minimum Gasteiger partial charge on any atom is -0.481 e. The number of ether oxygens (including phenoxy) is 1. The van der Waals surface area contributed by atoms with Gasteiger partial charge in [0.1, 0.15) is 0 Å². The third-order valence-corrected chi connectivity index (χ3v) is 3.71. The van der Waals surface area contributed by atoms with Gasteiger partial charge >= 0.3 is 5.97 Å². The second kappa shape index (κ2) is 7.62. The fourth-order valence-corrected chi connectivity index (χ4v) is 2.66. The minimum atomic E-state index is -0.744. The third-order valence-electron chi connectivity index (χ3n) is 3.48. The monoisotopic (exact) mass is 297 g/mol. The molecule has 1 aliphatic rings. The summed E-state index contributed by atoms with van der Waals surface area (Å²) in [5.74, 6) is -0.744. The molecule has 0 saturated carbocycles. The summed E-state index contributed by atoms with van der Waals surface area (Å²) in [6.07, 6.45) is 2.46. The maximum atomic E-state index is 10.6. The van der Waals surface area contributed by atoms with Crippen molar-refractivity contribution in [1.29, 1.82) is 0 Å². The third kappa shape index (κ3) is 5.12. The van der Waals surface area contributed by atoms with Gasteiger partial charge in [-0.25, -0.2) is 0 Å². The van der Waals surface area contributed by atoms with Crippen molar-refractivity contribution in [1.82, 2.24) is 4.90 Å². The second-order valence-corrected chi connectivity index (χ2v) is 5.59. The molecule has 110 valence electrons. The Kier molecular flexibility index (Phi) is 5.83. The standard InChI is InChI=1S/C15H20ClNO3/c16-13-4-1-3-12(9-13)11-20-14-5-2-7-17(10-14)8-6-15(18)19/h1,3-4,9,14H,2,5-8,10-11H2,(H,18,19). The van der Waals surface area contributed by atoms with E-state index in [1.165, 1.54) is 0 Å². The van der Waals surface area contributed by atoms with Gasteiger partial charge in [-0.2, -0.15) is 0 Å². The van der Waals surface area contributed by atoms with E-state index in [2.05, 4.69) is 4.90 Å². The zero-order valence-corrected chi connectivity index (χ0v) is 12.2. The van der Waals surface area contributed by atoms with Gasteiger partial charge < -0.3 is 14.7 Å². The van der Waals surface area contributed by atoms with E-state index in [0.717, 1.165) is 36.5 Å². The van der Waals surface area contributed by atoms with Gasteiger partial charge in [0.25, 0.3) is 0 Å². The average Bonchev–Trinajstić information content (AvgIpc) is 2.43. The maximum absolute atomic E-state index is 10.6. The Morgan fingerprint density at radius 3 is 3.10 bits per heavy atom. The Balaban J connectivity index is 1.76. The topological polar surface area (TPSA) is 49.8 Å². The first-order chi connectivity index (χ1) is 9.63. The Morgan fingerprint density at radius 2 is 2.35 bits per heavy atom. The molecule has 1 aromatic rings. The number of likely N-dealkylation sites (tertiary alicyclic amines) is 1. The lowest BCUT2D eigenvalue weighted by atomic mass is 10.1. The highest BCUT2D eigenvalue weighted by molar-refractivity contribution is 6.30. The molecule has 1 saturated heterocycles. The fraction of sp³-hybridized carbons (Fsp3) is 0.533. The van der Waals surface area contributed by atoms with Crippen LogP contribution in [0, 0.1) is 0 Å². The number of halogens is 1. The molecule has 1 fully saturated rings. The van der Waals surface area contributed by atoms with E-state index in [0.29, 0.717) is 13.2 Å². The number of hydrogen-bond donors (Lipinski definition) is 1. The predicted molar refractivity (Wildman–Crippen MR) is 78.0 cm³/mol. The molecular weight excluding hydrogens is 278 g/mol. The minimum absolute atomic E-state index is 0.177. The molecule has 1 aliphatic heterocycles. The highest BCUT2D eigenvalue weighted by Gasteiger charge is 2.20. The molecule has 4 nitrogen and oxygen atoms in total. The Labute approximate surface area is 124 Å². The number of carbonyl (C=O) groups is 1. The number of rotatable bonds is 6. The number of carboxylic acid groups (broad SMARTS) is 1. The molecule has 0 aromatic heterocycles. The summed E-state index contributed by atoms with van der Waals surface area (Å²) < 4.78 is 5.91. The molecule has 1 aromatic carbocycles. The van der Waals surface area contributed by atoms with Crippen LogP contribution in [0.3, 0.4) is 0 Å². The summed E-state index contributed by atoms with van der Waals surface area (Å²) in [6, 6.07) is 7.67. The number of nitrogens with zero attached hydrogens (tertiary/aromatic N) is 1. The van der Waals surface area contributed by atoms with Crippen molar-refractivity contribution in [3.05, 3.63) is 34.9 Å². The molecule has 2 rings (SSSR count). The van der Waals surface area contributed by atoms with E-state index >= 15 is 0 Å². The fourth-order valence-electron chi connectivity index (χ4n) is 2.45. The molecule has 20 heavy (non-hydrogen) atoms. The van der Waals surface area contributed by atoms with Gasteiger partial charge in [0.05, 0.1) is 19.1 Å². The van der Waals surface area contributed by atoms with Crippen LogP contribution < -0.4 is 0 Å². The highest BCUT2D eigenvalue weighted by atomic mass is 35.5. The van der Waals surface area contributed by atoms with Crippen molar-refractivity contribution in [2.75, 3.05) is 19.6 Å². The van der Waals surface area contributed by atoms with E-state index in [1.54, 1.807) is 0 Å². The van der Waals surface area contributed by atoms with Crippen LogP contribution in [-0.4, -0.2) is 41.7 Å². The number of carboxylic acids is 1. The number of hydrogen-bond acceptors (Lipinski definition) is 3. The van der Waals surface area contributed by atoms with Gasteiger partial charge in [-0.15, -0.1) is 0 Å². The first kappa shape index (κ1) is 15.3. The second-order valence-electron chi connectivity index (χ2n) is 5.15. The summed E-state index contributed by atoms with van der Waals surface area (Å²) >= 11 is 5.94. The van der Waals surface area contributed by atoms with Crippen LogP contribution in [0.2, 0.25) is 5.02 Å². The quantitative estimate of drug-likeness (QED) is 0.877. The molecular formula is C15H20ClNO3. The first-order valence-corrected chi connectivity index (χ1v) is 7.31. The lowest BCUT2D eigenvalue weighted by molar-refractivity contribution is -0.137. The van der Waals surface area contributed by atoms with Crippen molar-refractivity contribution in [3.63, 3.8) is 0 Å². The summed E-state index contributed by atoms with van der Waals surface area (Å²) in [5, 5.41) is 9.44. The molecule has 1 unspecified atom stereocenters. The molecule has 0 spiro atoms. The lowest BCUT2D eigenvalue weighted by Gasteiger charge is -2.32. The summed E-state index contributed by atoms with van der Waals surface area (Å²) in [4.78, 5) is 12.8. The van der Waals surface area contributed by atoms with Crippen LogP contribution in [-0.2, 0) is 16.1 Å². The Morgan fingerprint density at radius 1 is 1.50 bits per heavy atom. The van der Waals surface area contributed by atoms with Crippen molar-refractivity contribution >= 4 is 17.6 Å². The number of piperidine rings is 1. The molecule has 1 atom stereocenters. The van der Waals surface area contributed by atoms with Crippen molar-refractivity contribution in [2.24, 2.45) is 0 Å². The van der Waals surface area contributed by atoms with Crippen LogP contribution in [0.15, 0.2) is 24.3 Å². The Bertz CT molecular complexity index is 452. The van der Waals surface area contributed by atoms with Crippen molar-refractivity contribution in [3.8, 4) is 0 Å². The van der Waals surface area contributed by atoms with E-state index in [1.807, 2.05) is 24.3 Å². The zero-order valence-electron chi connectivity index (χ0n) is 11.4. The molecule has 0 bridgehead atoms. The summed E-state index contributed by atoms with van der Waals surface area (Å²) in [5.41, 5.74) is 1.07. The molecule has 0 aliphatic carbocycles. The van der Waals surface area contributed by atoms with Crippen molar-refractivity contribution in [2.45, 2.75) is 32.0 Å². The molecule has 0 radical (unpaired) electrons. The summed E-state index contributed by atoms with van der Waals surface area (Å²) in [6.45, 7) is 2.93. The van der Waals surface area contributed by atoms with Gasteiger partial charge in [-0.3, -0.25) is 4.79 Å².